The van der Waals surface area contributed by atoms with Crippen LogP contribution in [0.15, 0.2) is 61.2 Å². The number of piperazine rings is 1. The van der Waals surface area contributed by atoms with E-state index in [0.717, 1.165) is 33.8 Å². The number of nitrogens with zero attached hydrogens (tertiary/aromatic N) is 6. The van der Waals surface area contributed by atoms with Crippen LogP contribution < -0.4 is 4.90 Å². The van der Waals surface area contributed by atoms with E-state index in [1.54, 1.807) is 17.4 Å². The number of pyridine rings is 1. The number of rotatable bonds is 4. The second-order valence-electron chi connectivity index (χ2n) is 8.71. The summed E-state index contributed by atoms with van der Waals surface area (Å²) in [6.07, 6.45) is 5.14. The molecule has 8 nitrogen and oxygen atoms in total. The van der Waals surface area contributed by atoms with Crippen LogP contribution in [-0.2, 0) is 4.74 Å². The van der Waals surface area contributed by atoms with Gasteiger partial charge in [-0.1, -0.05) is 23.7 Å². The van der Waals surface area contributed by atoms with Crippen LogP contribution in [0.2, 0.25) is 5.02 Å². The minimum atomic E-state index is -0.277. The van der Waals surface area contributed by atoms with Crippen molar-refractivity contribution < 1.29 is 9.53 Å². The van der Waals surface area contributed by atoms with E-state index in [4.69, 9.17) is 21.3 Å². The molecule has 1 aromatic carbocycles. The van der Waals surface area contributed by atoms with Crippen molar-refractivity contribution in [3.05, 3.63) is 66.2 Å². The second kappa shape index (κ2) is 9.54. The Morgan fingerprint density at radius 2 is 1.94 bits per heavy atom. The molecule has 1 aliphatic heterocycles. The topological polar surface area (TPSA) is 76.4 Å². The maximum Gasteiger partial charge on any atom is 0.410 e. The van der Waals surface area contributed by atoms with Crippen molar-refractivity contribution in [2.45, 2.75) is 32.9 Å². The molecule has 35 heavy (non-hydrogen) atoms. The quantitative estimate of drug-likeness (QED) is 0.392. The fraction of sp³-hybridized carbons (Fsp3) is 0.308. The van der Waals surface area contributed by atoms with E-state index in [1.165, 1.54) is 0 Å². The molecule has 0 radical (unpaired) electrons. The minimum absolute atomic E-state index is 0.0276. The maximum atomic E-state index is 12.5. The molecule has 5 rings (SSSR count). The van der Waals surface area contributed by atoms with Crippen LogP contribution >= 0.6 is 11.6 Å². The Hall–Kier alpha value is -3.65. The molecule has 4 heterocycles. The Bertz CT molecular complexity index is 1360. The zero-order valence-corrected chi connectivity index (χ0v) is 20.7. The van der Waals surface area contributed by atoms with Gasteiger partial charge in [-0.3, -0.25) is 4.98 Å². The Morgan fingerprint density at radius 3 is 2.69 bits per heavy atom. The predicted octanol–water partition coefficient (Wildman–Crippen LogP) is 5.19. The highest BCUT2D eigenvalue weighted by atomic mass is 35.5. The first-order chi connectivity index (χ1) is 17.0. The molecular weight excluding hydrogens is 464 g/mol. The first kappa shape index (κ1) is 23.1. The number of anilines is 1. The van der Waals surface area contributed by atoms with Crippen LogP contribution in [0, 0.1) is 0 Å². The molecule has 4 aromatic rings. The summed E-state index contributed by atoms with van der Waals surface area (Å²) >= 11 is 6.31. The predicted molar refractivity (Wildman–Crippen MR) is 137 cm³/mol. The lowest BCUT2D eigenvalue weighted by atomic mass is 10.1. The van der Waals surface area contributed by atoms with Crippen molar-refractivity contribution in [3.8, 4) is 16.9 Å². The van der Waals surface area contributed by atoms with Gasteiger partial charge in [0, 0.05) is 53.8 Å². The van der Waals surface area contributed by atoms with Gasteiger partial charge in [0.25, 0.3) is 0 Å². The standard InChI is InChI=1S/C26H27ClN6O2/c1-4-35-26(34)32-14-17(2)31(13-18(32)3)24-23-21(22-10-5-6-11-28-22)15-33(25(23)30-16-29-24)20-9-7-8-19(27)12-20/h5-12,15-18H,4,13-14H2,1-3H3/t17-,18+/m0/s1. The number of halogens is 1. The molecule has 1 saturated heterocycles. The van der Waals surface area contributed by atoms with Gasteiger partial charge < -0.3 is 19.1 Å². The highest BCUT2D eigenvalue weighted by Crippen LogP contribution is 2.37. The van der Waals surface area contributed by atoms with E-state index < -0.39 is 0 Å². The summed E-state index contributed by atoms with van der Waals surface area (Å²) in [5, 5.41) is 1.56. The molecule has 0 saturated carbocycles. The van der Waals surface area contributed by atoms with Crippen molar-refractivity contribution in [2.24, 2.45) is 0 Å². The monoisotopic (exact) mass is 490 g/mol. The molecule has 9 heteroatoms. The van der Waals surface area contributed by atoms with Crippen LogP contribution in [0.1, 0.15) is 20.8 Å². The third-order valence-electron chi connectivity index (χ3n) is 6.35. The molecule has 2 atom stereocenters. The average molecular weight is 491 g/mol. The number of amides is 1. The van der Waals surface area contributed by atoms with E-state index in [0.29, 0.717) is 24.7 Å². The van der Waals surface area contributed by atoms with Crippen molar-refractivity contribution in [1.29, 1.82) is 0 Å². The Labute approximate surface area is 209 Å². The summed E-state index contributed by atoms with van der Waals surface area (Å²) in [6, 6.07) is 13.5. The minimum Gasteiger partial charge on any atom is -0.450 e. The normalized spacial score (nSPS) is 18.2. The smallest absolute Gasteiger partial charge is 0.410 e. The molecule has 180 valence electrons. The molecule has 0 spiro atoms. The first-order valence-corrected chi connectivity index (χ1v) is 12.1. The van der Waals surface area contributed by atoms with Crippen molar-refractivity contribution in [1.82, 2.24) is 24.4 Å². The summed E-state index contributed by atoms with van der Waals surface area (Å²) in [5.41, 5.74) is 3.44. The van der Waals surface area contributed by atoms with E-state index in [9.17, 15) is 4.79 Å². The number of carbonyl (C=O) groups excluding carboxylic acids is 1. The Kier molecular flexibility index (Phi) is 6.30. The fourth-order valence-corrected chi connectivity index (χ4v) is 4.87. The van der Waals surface area contributed by atoms with Crippen LogP contribution in [0.3, 0.4) is 0 Å². The molecule has 1 aliphatic rings. The van der Waals surface area contributed by atoms with Crippen LogP contribution in [0.4, 0.5) is 10.6 Å². The van der Waals surface area contributed by atoms with Crippen LogP contribution in [-0.4, -0.2) is 62.3 Å². The van der Waals surface area contributed by atoms with E-state index in [2.05, 4.69) is 21.8 Å². The van der Waals surface area contributed by atoms with Crippen LogP contribution in [0.25, 0.3) is 28.0 Å². The van der Waals surface area contributed by atoms with Crippen molar-refractivity contribution in [3.63, 3.8) is 0 Å². The van der Waals surface area contributed by atoms with Crippen molar-refractivity contribution >= 4 is 34.5 Å². The summed E-state index contributed by atoms with van der Waals surface area (Å²) in [6.45, 7) is 7.47. The highest BCUT2D eigenvalue weighted by Gasteiger charge is 2.35. The number of ether oxygens (including phenoxy) is 1. The third-order valence-corrected chi connectivity index (χ3v) is 6.59. The largest absolute Gasteiger partial charge is 0.450 e. The molecule has 0 N–H and O–H groups in total. The van der Waals surface area contributed by atoms with Gasteiger partial charge in [-0.2, -0.15) is 0 Å². The number of benzene rings is 1. The fourth-order valence-electron chi connectivity index (χ4n) is 4.68. The zero-order chi connectivity index (χ0) is 24.5. The van der Waals surface area contributed by atoms with E-state index >= 15 is 0 Å². The summed E-state index contributed by atoms with van der Waals surface area (Å²) < 4.78 is 7.30. The van der Waals surface area contributed by atoms with Gasteiger partial charge in [-0.15, -0.1) is 0 Å². The lowest BCUT2D eigenvalue weighted by Crippen LogP contribution is -2.58. The summed E-state index contributed by atoms with van der Waals surface area (Å²) in [7, 11) is 0. The summed E-state index contributed by atoms with van der Waals surface area (Å²) in [5.74, 6) is 0.819. The van der Waals surface area contributed by atoms with Gasteiger partial charge in [0.2, 0.25) is 0 Å². The van der Waals surface area contributed by atoms with E-state index in [-0.39, 0.29) is 18.2 Å². The highest BCUT2D eigenvalue weighted by molar-refractivity contribution is 6.30. The van der Waals surface area contributed by atoms with Gasteiger partial charge in [0.1, 0.15) is 12.1 Å². The van der Waals surface area contributed by atoms with Gasteiger partial charge in [-0.05, 0) is 51.1 Å². The number of fused-ring (bicyclic) bond motifs is 1. The summed E-state index contributed by atoms with van der Waals surface area (Å²) in [4.78, 5) is 30.5. The van der Waals surface area contributed by atoms with Gasteiger partial charge >= 0.3 is 6.09 Å². The van der Waals surface area contributed by atoms with Gasteiger partial charge in [0.15, 0.2) is 5.65 Å². The number of carbonyl (C=O) groups is 1. The number of hydrogen-bond acceptors (Lipinski definition) is 6. The third kappa shape index (κ3) is 4.30. The second-order valence-corrected chi connectivity index (χ2v) is 9.14. The van der Waals surface area contributed by atoms with Crippen LogP contribution in [0.5, 0.6) is 0 Å². The van der Waals surface area contributed by atoms with E-state index in [1.807, 2.05) is 67.1 Å². The molecule has 3 aromatic heterocycles. The average Bonchev–Trinajstić information content (AvgIpc) is 3.26. The molecule has 1 amide bonds. The first-order valence-electron chi connectivity index (χ1n) is 11.7. The lowest BCUT2D eigenvalue weighted by molar-refractivity contribution is 0.0829. The lowest BCUT2D eigenvalue weighted by Gasteiger charge is -2.44. The Morgan fingerprint density at radius 1 is 1.09 bits per heavy atom. The maximum absolute atomic E-state index is 12.5. The SMILES string of the molecule is CCOC(=O)N1C[C@H](C)N(c2ncnc3c2c(-c2ccccn2)cn3-c2cccc(Cl)c2)C[C@H]1C. The molecule has 0 bridgehead atoms. The molecule has 0 unspecified atom stereocenters. The van der Waals surface area contributed by atoms with Gasteiger partial charge in [-0.25, -0.2) is 14.8 Å². The van der Waals surface area contributed by atoms with Gasteiger partial charge in [0.05, 0.1) is 17.7 Å². The number of aromatic nitrogens is 4. The Balaban J connectivity index is 1.65. The molecular formula is C26H27ClN6O2. The molecule has 0 aliphatic carbocycles. The molecule has 1 fully saturated rings. The van der Waals surface area contributed by atoms with Crippen molar-refractivity contribution in [2.75, 3.05) is 24.6 Å². The zero-order valence-electron chi connectivity index (χ0n) is 19.9. The number of hydrogen-bond donors (Lipinski definition) is 0.